The van der Waals surface area contributed by atoms with Crippen LogP contribution in [0.4, 0.5) is 5.69 Å². The van der Waals surface area contributed by atoms with Crippen LogP contribution in [-0.2, 0) is 20.0 Å². The Morgan fingerprint density at radius 3 is 2.11 bits per heavy atom. The fourth-order valence-electron chi connectivity index (χ4n) is 2.82. The minimum atomic E-state index is -3.90. The molecule has 2 rings (SSSR count). The monoisotopic (exact) mass is 488 g/mol. The summed E-state index contributed by atoms with van der Waals surface area (Å²) in [6, 6.07) is 7.89. The lowest BCUT2D eigenvalue weighted by Gasteiger charge is -2.21. The van der Waals surface area contributed by atoms with Crippen LogP contribution < -0.4 is 4.72 Å². The summed E-state index contributed by atoms with van der Waals surface area (Å²) >= 11 is 3.29. The molecule has 0 saturated carbocycles. The van der Waals surface area contributed by atoms with Gasteiger partial charge >= 0.3 is 0 Å². The predicted molar refractivity (Wildman–Crippen MR) is 116 cm³/mol. The fraction of sp³-hybridized carbons (Fsp3) is 0.368. The highest BCUT2D eigenvalue weighted by molar-refractivity contribution is 9.10. The number of rotatable bonds is 7. The van der Waals surface area contributed by atoms with Crippen molar-refractivity contribution in [1.29, 1.82) is 0 Å². The first-order valence-electron chi connectivity index (χ1n) is 8.84. The molecule has 28 heavy (non-hydrogen) atoms. The van der Waals surface area contributed by atoms with Crippen molar-refractivity contribution in [2.75, 3.05) is 17.8 Å². The van der Waals surface area contributed by atoms with E-state index in [1.54, 1.807) is 45.9 Å². The van der Waals surface area contributed by atoms with Crippen molar-refractivity contribution in [2.24, 2.45) is 0 Å². The van der Waals surface area contributed by atoms with Crippen LogP contribution in [-0.4, -0.2) is 34.2 Å². The molecule has 6 nitrogen and oxygen atoms in total. The highest BCUT2D eigenvalue weighted by atomic mass is 79.9. The summed E-state index contributed by atoms with van der Waals surface area (Å²) in [6.07, 6.45) is 0. The average molecular weight is 489 g/mol. The van der Waals surface area contributed by atoms with E-state index in [1.165, 1.54) is 16.4 Å². The summed E-state index contributed by atoms with van der Waals surface area (Å²) in [5, 5.41) is 0. The van der Waals surface area contributed by atoms with Gasteiger partial charge in [0.05, 0.1) is 10.6 Å². The van der Waals surface area contributed by atoms with Crippen molar-refractivity contribution in [2.45, 2.75) is 44.4 Å². The van der Waals surface area contributed by atoms with Crippen LogP contribution in [0.25, 0.3) is 0 Å². The molecule has 0 heterocycles. The molecule has 0 saturated heterocycles. The van der Waals surface area contributed by atoms with E-state index in [9.17, 15) is 16.8 Å². The fourth-order valence-corrected chi connectivity index (χ4v) is 6.69. The Hall–Kier alpha value is -1.42. The normalized spacial score (nSPS) is 12.4. The summed E-state index contributed by atoms with van der Waals surface area (Å²) in [6.45, 7) is 9.58. The number of anilines is 1. The third kappa shape index (κ3) is 4.59. The Bertz CT molecular complexity index is 1090. The summed E-state index contributed by atoms with van der Waals surface area (Å²) in [4.78, 5) is 0.159. The summed E-state index contributed by atoms with van der Waals surface area (Å²) in [7, 11) is -7.61. The number of nitrogens with one attached hydrogen (secondary N) is 1. The molecule has 0 amide bonds. The van der Waals surface area contributed by atoms with Crippen molar-refractivity contribution >= 4 is 41.7 Å². The highest BCUT2D eigenvalue weighted by Gasteiger charge is 2.25. The Labute approximate surface area is 176 Å². The highest BCUT2D eigenvalue weighted by Crippen LogP contribution is 2.30. The van der Waals surface area contributed by atoms with Crippen LogP contribution in [0.5, 0.6) is 0 Å². The molecule has 0 aliphatic carbocycles. The van der Waals surface area contributed by atoms with Gasteiger partial charge in [-0.3, -0.25) is 4.72 Å². The molecule has 0 fully saturated rings. The van der Waals surface area contributed by atoms with E-state index < -0.39 is 20.0 Å². The Balaban J connectivity index is 2.56. The second kappa shape index (κ2) is 8.52. The second-order valence-corrected chi connectivity index (χ2v) is 11.0. The minimum absolute atomic E-state index is 0.0694. The molecule has 1 N–H and O–H groups in total. The van der Waals surface area contributed by atoms with Crippen molar-refractivity contribution in [3.05, 3.63) is 51.5 Å². The molecule has 0 aromatic heterocycles. The Kier molecular flexibility index (Phi) is 6.96. The van der Waals surface area contributed by atoms with Crippen molar-refractivity contribution in [3.8, 4) is 0 Å². The molecule has 0 bridgehead atoms. The van der Waals surface area contributed by atoms with E-state index in [0.29, 0.717) is 28.7 Å². The number of hydrogen-bond donors (Lipinski definition) is 1. The zero-order chi connectivity index (χ0) is 21.3. The number of sulfonamides is 2. The van der Waals surface area contributed by atoms with Crippen molar-refractivity contribution in [3.63, 3.8) is 0 Å². The maximum Gasteiger partial charge on any atom is 0.263 e. The Morgan fingerprint density at radius 2 is 1.57 bits per heavy atom. The van der Waals surface area contributed by atoms with E-state index in [0.717, 1.165) is 5.56 Å². The van der Waals surface area contributed by atoms with Crippen LogP contribution in [0.3, 0.4) is 0 Å². The van der Waals surface area contributed by atoms with Gasteiger partial charge in [-0.05, 0) is 77.7 Å². The largest absolute Gasteiger partial charge is 0.279 e. The van der Waals surface area contributed by atoms with Crippen molar-refractivity contribution < 1.29 is 16.8 Å². The van der Waals surface area contributed by atoms with E-state index in [-0.39, 0.29) is 15.5 Å². The molecule has 9 heteroatoms. The lowest BCUT2D eigenvalue weighted by Crippen LogP contribution is -2.30. The SMILES string of the molecule is CCN(CC)S(=O)(=O)c1cc(C)c(C)c(NS(=O)(=O)c2ccc(C)cc2Br)c1. The third-order valence-corrected chi connectivity index (χ3v) is 8.98. The van der Waals surface area contributed by atoms with Gasteiger partial charge in [-0.15, -0.1) is 0 Å². The third-order valence-electron chi connectivity index (χ3n) is 4.61. The average Bonchev–Trinajstić information content (AvgIpc) is 2.58. The van der Waals surface area contributed by atoms with Gasteiger partial charge in [0.25, 0.3) is 10.0 Å². The topological polar surface area (TPSA) is 83.6 Å². The van der Waals surface area contributed by atoms with Crippen molar-refractivity contribution in [1.82, 2.24) is 4.31 Å². The summed E-state index contributed by atoms with van der Waals surface area (Å²) < 4.78 is 55.9. The van der Waals surface area contributed by atoms with Gasteiger partial charge in [-0.25, -0.2) is 16.8 Å². The lowest BCUT2D eigenvalue weighted by molar-refractivity contribution is 0.445. The van der Waals surface area contributed by atoms with Gasteiger partial charge in [0.1, 0.15) is 4.90 Å². The standard InChI is InChI=1S/C19H25BrN2O4S2/c1-6-22(7-2)28(25,26)16-11-14(4)15(5)18(12-16)21-27(23,24)19-9-8-13(3)10-17(19)20/h8-12,21H,6-7H2,1-5H3. The van der Waals surface area contributed by atoms with Gasteiger partial charge in [0.15, 0.2) is 0 Å². The smallest absolute Gasteiger partial charge is 0.263 e. The summed E-state index contributed by atoms with van der Waals surface area (Å²) in [5.74, 6) is 0. The van der Waals surface area contributed by atoms with Crippen LogP contribution in [0, 0.1) is 20.8 Å². The maximum absolute atomic E-state index is 12.9. The van der Waals surface area contributed by atoms with E-state index in [2.05, 4.69) is 20.7 Å². The molecule has 2 aromatic carbocycles. The number of aryl methyl sites for hydroxylation is 2. The van der Waals surface area contributed by atoms with E-state index >= 15 is 0 Å². The quantitative estimate of drug-likeness (QED) is 0.632. The molecule has 154 valence electrons. The first-order chi connectivity index (χ1) is 12.9. The van der Waals surface area contributed by atoms with Gasteiger partial charge in [0.2, 0.25) is 10.0 Å². The molecule has 0 aliphatic heterocycles. The molecular weight excluding hydrogens is 464 g/mol. The zero-order valence-electron chi connectivity index (χ0n) is 16.6. The van der Waals surface area contributed by atoms with E-state index in [1.807, 2.05) is 6.92 Å². The molecule has 0 atom stereocenters. The first kappa shape index (κ1) is 22.9. The van der Waals surface area contributed by atoms with Crippen LogP contribution in [0.1, 0.15) is 30.5 Å². The van der Waals surface area contributed by atoms with Gasteiger partial charge < -0.3 is 0 Å². The summed E-state index contributed by atoms with van der Waals surface area (Å²) in [5.41, 5.74) is 2.53. The van der Waals surface area contributed by atoms with Gasteiger partial charge in [0, 0.05) is 17.6 Å². The lowest BCUT2D eigenvalue weighted by atomic mass is 10.1. The number of hydrogen-bond acceptors (Lipinski definition) is 4. The first-order valence-corrected chi connectivity index (χ1v) is 12.6. The molecular formula is C19H25BrN2O4S2. The molecule has 0 spiro atoms. The van der Waals surface area contributed by atoms with Crippen LogP contribution in [0.2, 0.25) is 0 Å². The van der Waals surface area contributed by atoms with E-state index in [4.69, 9.17) is 0 Å². The van der Waals surface area contributed by atoms with Crippen LogP contribution >= 0.6 is 15.9 Å². The predicted octanol–water partition coefficient (Wildman–Crippen LogP) is 4.21. The number of halogens is 1. The molecule has 2 aromatic rings. The maximum atomic E-state index is 12.9. The molecule has 0 unspecified atom stereocenters. The number of nitrogens with zero attached hydrogens (tertiary/aromatic N) is 1. The number of benzene rings is 2. The zero-order valence-corrected chi connectivity index (χ0v) is 19.8. The Morgan fingerprint density at radius 1 is 0.964 bits per heavy atom. The van der Waals surface area contributed by atoms with Crippen LogP contribution in [0.15, 0.2) is 44.6 Å². The molecule has 0 radical (unpaired) electrons. The van der Waals surface area contributed by atoms with Gasteiger partial charge in [-0.1, -0.05) is 19.9 Å². The molecule has 0 aliphatic rings. The van der Waals surface area contributed by atoms with Gasteiger partial charge in [-0.2, -0.15) is 4.31 Å². The second-order valence-electron chi connectivity index (χ2n) is 6.54. The minimum Gasteiger partial charge on any atom is -0.279 e.